The summed E-state index contributed by atoms with van der Waals surface area (Å²) in [5.41, 5.74) is 3.94. The molecule has 0 fully saturated rings. The van der Waals surface area contributed by atoms with Crippen molar-refractivity contribution in [2.75, 3.05) is 13.8 Å². The quantitative estimate of drug-likeness (QED) is 0.628. The average Bonchev–Trinajstić information content (AvgIpc) is 2.67. The van der Waals surface area contributed by atoms with Gasteiger partial charge in [-0.25, -0.2) is 0 Å². The van der Waals surface area contributed by atoms with E-state index in [0.29, 0.717) is 0 Å². The highest BCUT2D eigenvalue weighted by Crippen LogP contribution is 2.53. The van der Waals surface area contributed by atoms with Crippen molar-refractivity contribution in [2.24, 2.45) is 0 Å². The summed E-state index contributed by atoms with van der Waals surface area (Å²) in [7, 11) is 0.0346. The minimum atomic E-state index is -1.73. The monoisotopic (exact) mass is 349 g/mol. The molecule has 0 aliphatic heterocycles. The Balaban J connectivity index is 2.37. The molecule has 3 rings (SSSR count). The van der Waals surface area contributed by atoms with Gasteiger partial charge in [0, 0.05) is 6.07 Å². The van der Waals surface area contributed by atoms with Crippen LogP contribution < -0.4 is 20.7 Å². The van der Waals surface area contributed by atoms with Crippen molar-refractivity contribution in [2.45, 2.75) is 20.8 Å². The lowest BCUT2D eigenvalue weighted by molar-refractivity contribution is 0.411. The van der Waals surface area contributed by atoms with Crippen LogP contribution in [0.15, 0.2) is 66.7 Å². The lowest BCUT2D eigenvalue weighted by Gasteiger charge is -2.26. The summed E-state index contributed by atoms with van der Waals surface area (Å²) in [4.78, 5) is 0. The van der Waals surface area contributed by atoms with Crippen molar-refractivity contribution in [3.8, 4) is 5.75 Å². The van der Waals surface area contributed by atoms with Crippen molar-refractivity contribution in [3.05, 3.63) is 83.4 Å². The van der Waals surface area contributed by atoms with E-state index in [0.717, 1.165) is 5.75 Å². The van der Waals surface area contributed by atoms with E-state index in [1.54, 1.807) is 7.11 Å². The highest BCUT2D eigenvalue weighted by Gasteiger charge is 2.42. The molecule has 0 aliphatic rings. The summed E-state index contributed by atoms with van der Waals surface area (Å²) in [5, 5.41) is 4.20. The molecule has 3 aromatic rings. The van der Waals surface area contributed by atoms with Gasteiger partial charge in [0.1, 0.15) is 28.9 Å². The SMILES string of the molecule is COc1cc([P+](C)(c2ccccc2)c2ccccc2)c(C)c(C)c1C. The normalized spacial score (nSPS) is 11.4. The predicted octanol–water partition coefficient (Wildman–Crippen LogP) is 4.54. The van der Waals surface area contributed by atoms with E-state index in [4.69, 9.17) is 4.74 Å². The molecule has 0 aromatic heterocycles. The largest absolute Gasteiger partial charge is 0.496 e. The fourth-order valence-corrected chi connectivity index (χ4v) is 7.16. The Bertz CT molecular complexity index is 830. The van der Waals surface area contributed by atoms with Crippen molar-refractivity contribution in [3.63, 3.8) is 0 Å². The summed E-state index contributed by atoms with van der Waals surface area (Å²) in [6.45, 7) is 9.03. The van der Waals surface area contributed by atoms with Gasteiger partial charge in [0.25, 0.3) is 0 Å². The Labute approximate surface area is 152 Å². The van der Waals surface area contributed by atoms with Crippen molar-refractivity contribution < 1.29 is 4.74 Å². The highest BCUT2D eigenvalue weighted by atomic mass is 31.2. The van der Waals surface area contributed by atoms with Gasteiger partial charge in [0.05, 0.1) is 13.8 Å². The Morgan fingerprint density at radius 1 is 0.680 bits per heavy atom. The van der Waals surface area contributed by atoms with Crippen LogP contribution in [0.5, 0.6) is 5.75 Å². The molecule has 0 atom stereocenters. The first kappa shape index (κ1) is 17.7. The second-order valence-corrected chi connectivity index (χ2v) is 10.2. The summed E-state index contributed by atoms with van der Waals surface area (Å²) in [5.74, 6) is 0.983. The van der Waals surface area contributed by atoms with Crippen LogP contribution in [0.25, 0.3) is 0 Å². The molecule has 0 spiro atoms. The standard InChI is InChI=1S/C23H26OP/c1-17-18(2)22(24-4)16-23(19(17)3)25(5,20-12-8-6-9-13-20)21-14-10-7-11-15-21/h6-16H,1-5H3/q+1. The Morgan fingerprint density at radius 3 is 1.60 bits per heavy atom. The molecule has 0 saturated heterocycles. The van der Waals surface area contributed by atoms with Crippen molar-refractivity contribution in [1.82, 2.24) is 0 Å². The van der Waals surface area contributed by atoms with Gasteiger partial charge in [-0.05, 0) is 61.7 Å². The lowest BCUT2D eigenvalue weighted by Crippen LogP contribution is -2.32. The minimum absolute atomic E-state index is 0.983. The number of rotatable bonds is 4. The van der Waals surface area contributed by atoms with Crippen LogP contribution in [0, 0.1) is 20.8 Å². The molecule has 2 heteroatoms. The van der Waals surface area contributed by atoms with Gasteiger partial charge in [0.15, 0.2) is 0 Å². The number of methoxy groups -OCH3 is 1. The average molecular weight is 349 g/mol. The molecule has 0 amide bonds. The second kappa shape index (κ2) is 7.02. The van der Waals surface area contributed by atoms with Crippen molar-refractivity contribution in [1.29, 1.82) is 0 Å². The first-order chi connectivity index (χ1) is 12.0. The van der Waals surface area contributed by atoms with E-state index < -0.39 is 7.26 Å². The van der Waals surface area contributed by atoms with Crippen LogP contribution in [0.1, 0.15) is 16.7 Å². The molecule has 0 aliphatic carbocycles. The van der Waals surface area contributed by atoms with Crippen LogP contribution >= 0.6 is 7.26 Å². The topological polar surface area (TPSA) is 9.23 Å². The minimum Gasteiger partial charge on any atom is -0.496 e. The summed E-state index contributed by atoms with van der Waals surface area (Å²) in [6, 6.07) is 24.1. The first-order valence-corrected chi connectivity index (χ1v) is 10.9. The highest BCUT2D eigenvalue weighted by molar-refractivity contribution is 7.95. The van der Waals surface area contributed by atoms with Gasteiger partial charge in [-0.1, -0.05) is 36.4 Å². The molecule has 0 radical (unpaired) electrons. The van der Waals surface area contributed by atoms with Crippen LogP contribution in [0.4, 0.5) is 0 Å². The fourth-order valence-electron chi connectivity index (χ4n) is 3.55. The molecular formula is C23H26OP+. The third-order valence-corrected chi connectivity index (χ3v) is 9.48. The molecule has 0 unspecified atom stereocenters. The smallest absolute Gasteiger partial charge is 0.126 e. The third-order valence-electron chi connectivity index (χ3n) is 5.39. The maximum Gasteiger partial charge on any atom is 0.126 e. The molecule has 25 heavy (non-hydrogen) atoms. The van der Waals surface area contributed by atoms with Crippen LogP contribution in [-0.4, -0.2) is 13.8 Å². The molecule has 0 heterocycles. The number of benzene rings is 3. The maximum atomic E-state index is 5.71. The zero-order valence-corrected chi connectivity index (χ0v) is 16.6. The first-order valence-electron chi connectivity index (χ1n) is 8.63. The number of hydrogen-bond donors (Lipinski definition) is 0. The second-order valence-electron chi connectivity index (χ2n) is 6.65. The fraction of sp³-hybridized carbons (Fsp3) is 0.217. The zero-order chi connectivity index (χ0) is 18.0. The van der Waals surface area contributed by atoms with E-state index >= 15 is 0 Å². The molecule has 3 aromatic carbocycles. The third kappa shape index (κ3) is 2.98. The summed E-state index contributed by atoms with van der Waals surface area (Å²) < 4.78 is 5.71. The number of hydrogen-bond acceptors (Lipinski definition) is 1. The summed E-state index contributed by atoms with van der Waals surface area (Å²) >= 11 is 0. The van der Waals surface area contributed by atoms with Gasteiger partial charge in [-0.2, -0.15) is 0 Å². The van der Waals surface area contributed by atoms with Gasteiger partial charge >= 0.3 is 0 Å². The molecular weight excluding hydrogens is 323 g/mol. The Morgan fingerprint density at radius 2 is 1.16 bits per heavy atom. The molecule has 128 valence electrons. The van der Waals surface area contributed by atoms with Gasteiger partial charge in [0.2, 0.25) is 0 Å². The van der Waals surface area contributed by atoms with Crippen LogP contribution in [-0.2, 0) is 0 Å². The molecule has 0 saturated carbocycles. The Kier molecular flexibility index (Phi) is 4.97. The van der Waals surface area contributed by atoms with E-state index in [2.05, 4.69) is 94.2 Å². The van der Waals surface area contributed by atoms with Crippen molar-refractivity contribution >= 4 is 23.2 Å². The van der Waals surface area contributed by atoms with Gasteiger partial charge in [-0.3, -0.25) is 0 Å². The zero-order valence-electron chi connectivity index (χ0n) is 15.7. The van der Waals surface area contributed by atoms with E-state index in [-0.39, 0.29) is 0 Å². The molecule has 0 N–H and O–H groups in total. The maximum absolute atomic E-state index is 5.71. The van der Waals surface area contributed by atoms with Gasteiger partial charge < -0.3 is 4.74 Å². The van der Waals surface area contributed by atoms with E-state index in [1.807, 2.05) is 0 Å². The summed E-state index contributed by atoms with van der Waals surface area (Å²) in [6.07, 6.45) is 0. The predicted molar refractivity (Wildman–Crippen MR) is 112 cm³/mol. The van der Waals surface area contributed by atoms with E-state index in [9.17, 15) is 0 Å². The van der Waals surface area contributed by atoms with E-state index in [1.165, 1.54) is 32.6 Å². The lowest BCUT2D eigenvalue weighted by atomic mass is 10.0. The molecule has 1 nitrogen and oxygen atoms in total. The van der Waals surface area contributed by atoms with Crippen LogP contribution in [0.2, 0.25) is 0 Å². The molecule has 0 bridgehead atoms. The van der Waals surface area contributed by atoms with Gasteiger partial charge in [-0.15, -0.1) is 0 Å². The number of ether oxygens (including phenoxy) is 1. The Hall–Kier alpha value is -2.11. The van der Waals surface area contributed by atoms with Crippen LogP contribution in [0.3, 0.4) is 0 Å².